The molecular formula is C12H26N2O. The molecule has 0 saturated carbocycles. The molecule has 1 heterocycles. The van der Waals surface area contributed by atoms with E-state index >= 15 is 0 Å². The van der Waals surface area contributed by atoms with Crippen molar-refractivity contribution < 1.29 is 5.11 Å². The molecule has 3 heteroatoms. The van der Waals surface area contributed by atoms with Gasteiger partial charge in [0.2, 0.25) is 0 Å². The van der Waals surface area contributed by atoms with E-state index in [4.69, 9.17) is 0 Å². The van der Waals surface area contributed by atoms with Gasteiger partial charge >= 0.3 is 0 Å². The highest BCUT2D eigenvalue weighted by molar-refractivity contribution is 4.91. The first-order valence-corrected chi connectivity index (χ1v) is 6.02. The van der Waals surface area contributed by atoms with Crippen LogP contribution >= 0.6 is 0 Å². The van der Waals surface area contributed by atoms with Crippen molar-refractivity contribution in [2.75, 3.05) is 26.7 Å². The van der Waals surface area contributed by atoms with Crippen molar-refractivity contribution in [2.45, 2.75) is 51.8 Å². The molecule has 1 aliphatic rings. The fraction of sp³-hybridized carbons (Fsp3) is 1.00. The molecule has 1 aliphatic heterocycles. The van der Waals surface area contributed by atoms with E-state index in [2.05, 4.69) is 37.6 Å². The Morgan fingerprint density at radius 3 is 2.40 bits per heavy atom. The summed E-state index contributed by atoms with van der Waals surface area (Å²) in [7, 11) is 2.18. The van der Waals surface area contributed by atoms with Crippen molar-refractivity contribution in [2.24, 2.45) is 0 Å². The van der Waals surface area contributed by atoms with E-state index in [1.807, 2.05) is 6.92 Å². The van der Waals surface area contributed by atoms with E-state index in [0.29, 0.717) is 0 Å². The van der Waals surface area contributed by atoms with Crippen LogP contribution in [0, 0.1) is 0 Å². The van der Waals surface area contributed by atoms with Crippen molar-refractivity contribution in [1.29, 1.82) is 0 Å². The molecule has 0 aromatic rings. The highest BCUT2D eigenvalue weighted by atomic mass is 16.3. The largest absolute Gasteiger partial charge is 0.392 e. The van der Waals surface area contributed by atoms with Crippen LogP contribution in [0.4, 0.5) is 0 Å². The van der Waals surface area contributed by atoms with E-state index in [0.717, 1.165) is 26.1 Å². The molecule has 0 aromatic carbocycles. The summed E-state index contributed by atoms with van der Waals surface area (Å²) in [5.41, 5.74) is 0.222. The van der Waals surface area contributed by atoms with Crippen LogP contribution in [0.1, 0.15) is 34.1 Å². The number of aliphatic hydroxyl groups is 1. The number of piperazine rings is 1. The predicted octanol–water partition coefficient (Wildman–Crippen LogP) is 1.17. The second-order valence-corrected chi connectivity index (χ2v) is 5.42. The molecule has 1 saturated heterocycles. The van der Waals surface area contributed by atoms with Crippen molar-refractivity contribution >= 4 is 0 Å². The molecule has 2 unspecified atom stereocenters. The Balaban J connectivity index is 2.59. The summed E-state index contributed by atoms with van der Waals surface area (Å²) in [6, 6.07) is 0.281. The molecule has 3 nitrogen and oxygen atoms in total. The zero-order valence-electron chi connectivity index (χ0n) is 10.8. The predicted molar refractivity (Wildman–Crippen MR) is 64.0 cm³/mol. The molecular weight excluding hydrogens is 188 g/mol. The van der Waals surface area contributed by atoms with Crippen LogP contribution in [0.25, 0.3) is 0 Å². The van der Waals surface area contributed by atoms with Crippen molar-refractivity contribution in [3.05, 3.63) is 0 Å². The van der Waals surface area contributed by atoms with Gasteiger partial charge in [-0.05, 0) is 34.2 Å². The number of nitrogens with zero attached hydrogens (tertiary/aromatic N) is 2. The van der Waals surface area contributed by atoms with E-state index in [1.165, 1.54) is 0 Å². The van der Waals surface area contributed by atoms with Crippen LogP contribution in [0.3, 0.4) is 0 Å². The molecule has 1 fully saturated rings. The summed E-state index contributed by atoms with van der Waals surface area (Å²) >= 11 is 0. The molecule has 15 heavy (non-hydrogen) atoms. The fourth-order valence-corrected chi connectivity index (χ4v) is 2.21. The van der Waals surface area contributed by atoms with E-state index < -0.39 is 0 Å². The Morgan fingerprint density at radius 2 is 1.93 bits per heavy atom. The lowest BCUT2D eigenvalue weighted by molar-refractivity contribution is -0.0184. The van der Waals surface area contributed by atoms with Gasteiger partial charge in [-0.15, -0.1) is 0 Å². The third-order valence-electron chi connectivity index (χ3n) is 3.90. The second-order valence-electron chi connectivity index (χ2n) is 5.42. The molecule has 90 valence electrons. The fourth-order valence-electron chi connectivity index (χ4n) is 2.21. The quantitative estimate of drug-likeness (QED) is 0.764. The molecule has 0 aromatic heterocycles. The summed E-state index contributed by atoms with van der Waals surface area (Å²) in [6.45, 7) is 11.9. The van der Waals surface area contributed by atoms with Gasteiger partial charge in [0.1, 0.15) is 0 Å². The zero-order chi connectivity index (χ0) is 11.6. The van der Waals surface area contributed by atoms with E-state index in [-0.39, 0.29) is 17.7 Å². The van der Waals surface area contributed by atoms with Crippen molar-refractivity contribution in [1.82, 2.24) is 9.80 Å². The molecule has 0 spiro atoms. The average molecular weight is 214 g/mol. The lowest BCUT2D eigenvalue weighted by Crippen LogP contribution is -2.60. The van der Waals surface area contributed by atoms with Gasteiger partial charge in [0.25, 0.3) is 0 Å². The molecule has 0 aliphatic carbocycles. The molecule has 1 rings (SSSR count). The Bertz CT molecular complexity index is 206. The first-order chi connectivity index (χ1) is 6.88. The summed E-state index contributed by atoms with van der Waals surface area (Å²) < 4.78 is 0. The summed E-state index contributed by atoms with van der Waals surface area (Å²) in [4.78, 5) is 4.81. The minimum absolute atomic E-state index is 0.191. The smallest absolute Gasteiger partial charge is 0.0690 e. The van der Waals surface area contributed by atoms with Crippen LogP contribution < -0.4 is 0 Å². The van der Waals surface area contributed by atoms with Crippen LogP contribution in [0.5, 0.6) is 0 Å². The minimum Gasteiger partial charge on any atom is -0.392 e. The van der Waals surface area contributed by atoms with E-state index in [9.17, 15) is 5.11 Å². The summed E-state index contributed by atoms with van der Waals surface area (Å²) in [6.07, 6.45) is 0.651. The van der Waals surface area contributed by atoms with Crippen LogP contribution in [0.15, 0.2) is 0 Å². The van der Waals surface area contributed by atoms with Gasteiger partial charge in [-0.25, -0.2) is 0 Å². The van der Waals surface area contributed by atoms with Crippen molar-refractivity contribution in [3.8, 4) is 0 Å². The SMILES string of the molecule is CCC(O)C(C)N1CCN(C)C(C)(C)C1. The number of likely N-dealkylation sites (N-methyl/N-ethyl adjacent to an activating group) is 1. The molecule has 0 radical (unpaired) electrons. The maximum absolute atomic E-state index is 9.86. The topological polar surface area (TPSA) is 26.7 Å². The molecule has 1 N–H and O–H groups in total. The summed E-state index contributed by atoms with van der Waals surface area (Å²) in [5, 5.41) is 9.86. The third-order valence-corrected chi connectivity index (χ3v) is 3.90. The summed E-state index contributed by atoms with van der Waals surface area (Å²) in [5.74, 6) is 0. The highest BCUT2D eigenvalue weighted by Gasteiger charge is 2.34. The normalized spacial score (nSPS) is 27.6. The maximum atomic E-state index is 9.86. The number of rotatable bonds is 3. The minimum atomic E-state index is -0.191. The van der Waals surface area contributed by atoms with Gasteiger partial charge in [-0.3, -0.25) is 9.80 Å². The highest BCUT2D eigenvalue weighted by Crippen LogP contribution is 2.21. The first kappa shape index (κ1) is 12.9. The molecule has 2 atom stereocenters. The van der Waals surface area contributed by atoms with Crippen LogP contribution in [0.2, 0.25) is 0 Å². The van der Waals surface area contributed by atoms with Gasteiger partial charge < -0.3 is 5.11 Å². The average Bonchev–Trinajstić information content (AvgIpc) is 2.19. The number of aliphatic hydroxyl groups excluding tert-OH is 1. The lowest BCUT2D eigenvalue weighted by Gasteiger charge is -2.48. The molecule has 0 amide bonds. The first-order valence-electron chi connectivity index (χ1n) is 6.02. The Morgan fingerprint density at radius 1 is 1.33 bits per heavy atom. The van der Waals surface area contributed by atoms with Crippen LogP contribution in [-0.2, 0) is 0 Å². The maximum Gasteiger partial charge on any atom is 0.0690 e. The van der Waals surface area contributed by atoms with Gasteiger partial charge in [0.15, 0.2) is 0 Å². The van der Waals surface area contributed by atoms with Crippen LogP contribution in [-0.4, -0.2) is 59.3 Å². The standard InChI is InChI=1S/C12H26N2O/c1-6-11(15)10(2)14-8-7-13(5)12(3,4)9-14/h10-11,15H,6-9H2,1-5H3. The second kappa shape index (κ2) is 4.81. The number of hydrogen-bond acceptors (Lipinski definition) is 3. The Kier molecular flexibility index (Phi) is 4.15. The van der Waals surface area contributed by atoms with Crippen molar-refractivity contribution in [3.63, 3.8) is 0 Å². The number of hydrogen-bond donors (Lipinski definition) is 1. The van der Waals surface area contributed by atoms with Gasteiger partial charge in [0, 0.05) is 31.2 Å². The Hall–Kier alpha value is -0.120. The van der Waals surface area contributed by atoms with Gasteiger partial charge in [0.05, 0.1) is 6.10 Å². The molecule has 0 bridgehead atoms. The third kappa shape index (κ3) is 2.92. The zero-order valence-corrected chi connectivity index (χ0v) is 10.8. The van der Waals surface area contributed by atoms with E-state index in [1.54, 1.807) is 0 Å². The monoisotopic (exact) mass is 214 g/mol. The Labute approximate surface area is 94.1 Å². The van der Waals surface area contributed by atoms with Gasteiger partial charge in [-0.2, -0.15) is 0 Å². The lowest BCUT2D eigenvalue weighted by atomic mass is 9.97. The van der Waals surface area contributed by atoms with Gasteiger partial charge in [-0.1, -0.05) is 6.92 Å².